The van der Waals surface area contributed by atoms with E-state index >= 15 is 0 Å². The third-order valence-electron chi connectivity index (χ3n) is 7.05. The smallest absolute Gasteiger partial charge is 0.411 e. The Morgan fingerprint density at radius 1 is 1.03 bits per heavy atom. The maximum Gasteiger partial charge on any atom is 0.411 e. The second-order valence-electron chi connectivity index (χ2n) is 10.8. The van der Waals surface area contributed by atoms with Crippen LogP contribution in [0.4, 0.5) is 4.79 Å². The molecule has 0 spiro atoms. The number of amides is 1. The Morgan fingerprint density at radius 2 is 1.74 bits per heavy atom. The van der Waals surface area contributed by atoms with Crippen LogP contribution in [0.1, 0.15) is 89.0 Å². The first-order valence-corrected chi connectivity index (χ1v) is 13.0. The quantitative estimate of drug-likeness (QED) is 0.361. The molecule has 3 atom stereocenters. The summed E-state index contributed by atoms with van der Waals surface area (Å²) in [6.45, 7) is 10.1. The molecule has 0 bridgehead atoms. The molecule has 35 heavy (non-hydrogen) atoms. The van der Waals surface area contributed by atoms with Crippen molar-refractivity contribution in [3.63, 3.8) is 0 Å². The van der Waals surface area contributed by atoms with Crippen molar-refractivity contribution in [1.29, 1.82) is 0 Å². The normalized spacial score (nSPS) is 19.2. The third kappa shape index (κ3) is 5.96. The monoisotopic (exact) mass is 469 g/mol. The number of hydrogen-bond donors (Lipinski definition) is 0. The van der Waals surface area contributed by atoms with E-state index in [1.807, 2.05) is 25.7 Å². The minimum atomic E-state index is -0.534. The summed E-state index contributed by atoms with van der Waals surface area (Å²) in [4.78, 5) is 15.6. The molecule has 4 rings (SSSR count). The van der Waals surface area contributed by atoms with Gasteiger partial charge in [0, 0.05) is 6.04 Å². The molecule has 184 valence electrons. The van der Waals surface area contributed by atoms with Crippen molar-refractivity contribution in [2.75, 3.05) is 0 Å². The maximum atomic E-state index is 13.6. The molecule has 0 unspecified atom stereocenters. The van der Waals surface area contributed by atoms with E-state index in [1.165, 1.54) is 27.5 Å². The lowest BCUT2D eigenvalue weighted by atomic mass is 9.95. The molecular formula is C32H39NO2. The summed E-state index contributed by atoms with van der Waals surface area (Å²) < 4.78 is 5.94. The summed E-state index contributed by atoms with van der Waals surface area (Å²) in [7, 11) is 0. The summed E-state index contributed by atoms with van der Waals surface area (Å²) in [5.41, 5.74) is 3.24. The molecule has 1 saturated carbocycles. The molecule has 1 fully saturated rings. The first-order valence-electron chi connectivity index (χ1n) is 13.0. The van der Waals surface area contributed by atoms with E-state index in [-0.39, 0.29) is 18.2 Å². The Kier molecular flexibility index (Phi) is 7.64. The molecule has 3 nitrogen and oxygen atoms in total. The average Bonchev–Trinajstić information content (AvgIpc) is 3.31. The Labute approximate surface area is 210 Å². The highest BCUT2D eigenvalue weighted by Crippen LogP contribution is 2.41. The topological polar surface area (TPSA) is 29.5 Å². The molecule has 3 aromatic rings. The van der Waals surface area contributed by atoms with Crippen LogP contribution in [0.3, 0.4) is 0 Å². The van der Waals surface area contributed by atoms with E-state index < -0.39 is 5.60 Å². The minimum absolute atomic E-state index is 0.0822. The minimum Gasteiger partial charge on any atom is -0.444 e. The third-order valence-corrected chi connectivity index (χ3v) is 7.05. The molecule has 1 aliphatic rings. The average molecular weight is 470 g/mol. The molecule has 0 aromatic heterocycles. The van der Waals surface area contributed by atoms with Crippen molar-refractivity contribution in [2.24, 2.45) is 0 Å². The van der Waals surface area contributed by atoms with E-state index in [9.17, 15) is 4.79 Å². The second kappa shape index (κ2) is 10.7. The molecular weight excluding hydrogens is 430 g/mol. The highest BCUT2D eigenvalue weighted by Gasteiger charge is 2.38. The van der Waals surface area contributed by atoms with Gasteiger partial charge >= 0.3 is 6.09 Å². The van der Waals surface area contributed by atoms with Crippen LogP contribution in [0.15, 0.2) is 72.8 Å². The SMILES string of the molecule is CC/C=C/c1ccc([C@@H]2CC[C@H](N(C(=O)OC(C)(C)C)[C@H](C)c3cccc4ccccc34)C2)cc1. The number of rotatable bonds is 6. The zero-order chi connectivity index (χ0) is 25.0. The first kappa shape index (κ1) is 25.0. The van der Waals surface area contributed by atoms with Gasteiger partial charge in [-0.2, -0.15) is 0 Å². The molecule has 3 heteroatoms. The molecule has 0 aliphatic heterocycles. The van der Waals surface area contributed by atoms with Crippen LogP contribution in [0.5, 0.6) is 0 Å². The van der Waals surface area contributed by atoms with Crippen LogP contribution < -0.4 is 0 Å². The zero-order valence-corrected chi connectivity index (χ0v) is 21.8. The lowest BCUT2D eigenvalue weighted by Gasteiger charge is -2.37. The van der Waals surface area contributed by atoms with E-state index in [1.54, 1.807) is 0 Å². The molecule has 1 aliphatic carbocycles. The van der Waals surface area contributed by atoms with Gasteiger partial charge in [0.15, 0.2) is 0 Å². The summed E-state index contributed by atoms with van der Waals surface area (Å²) in [6, 6.07) is 23.8. The van der Waals surface area contributed by atoms with E-state index in [4.69, 9.17) is 4.74 Å². The summed E-state index contributed by atoms with van der Waals surface area (Å²) >= 11 is 0. The van der Waals surface area contributed by atoms with Crippen molar-refractivity contribution in [3.8, 4) is 0 Å². The number of ether oxygens (including phenoxy) is 1. The zero-order valence-electron chi connectivity index (χ0n) is 21.8. The van der Waals surface area contributed by atoms with Gasteiger partial charge in [-0.05, 0) is 86.8 Å². The highest BCUT2D eigenvalue weighted by molar-refractivity contribution is 5.86. The lowest BCUT2D eigenvalue weighted by molar-refractivity contribution is 0.00693. The number of fused-ring (bicyclic) bond motifs is 1. The van der Waals surface area contributed by atoms with Gasteiger partial charge in [-0.1, -0.05) is 85.8 Å². The van der Waals surface area contributed by atoms with Gasteiger partial charge in [-0.3, -0.25) is 4.90 Å². The number of benzene rings is 3. The molecule has 0 radical (unpaired) electrons. The molecule has 0 heterocycles. The van der Waals surface area contributed by atoms with Crippen molar-refractivity contribution >= 4 is 22.9 Å². The fourth-order valence-corrected chi connectivity index (χ4v) is 5.35. The van der Waals surface area contributed by atoms with Crippen LogP contribution >= 0.6 is 0 Å². The Hall–Kier alpha value is -3.07. The Bertz CT molecular complexity index is 1170. The predicted molar refractivity (Wildman–Crippen MR) is 147 cm³/mol. The number of allylic oxidation sites excluding steroid dienone is 1. The second-order valence-corrected chi connectivity index (χ2v) is 10.8. The maximum absolute atomic E-state index is 13.6. The Balaban J connectivity index is 1.61. The van der Waals surface area contributed by atoms with Gasteiger partial charge in [-0.15, -0.1) is 0 Å². The number of nitrogens with zero attached hydrogens (tertiary/aromatic N) is 1. The molecule has 1 amide bonds. The fourth-order valence-electron chi connectivity index (χ4n) is 5.35. The van der Waals surface area contributed by atoms with Crippen molar-refractivity contribution in [1.82, 2.24) is 4.90 Å². The number of hydrogen-bond acceptors (Lipinski definition) is 2. The first-order chi connectivity index (χ1) is 16.8. The van der Waals surface area contributed by atoms with Crippen LogP contribution in [-0.4, -0.2) is 22.6 Å². The Morgan fingerprint density at radius 3 is 2.46 bits per heavy atom. The number of carbonyl (C=O) groups excluding carboxylic acids is 1. The summed E-state index contributed by atoms with van der Waals surface area (Å²) in [6.07, 6.45) is 8.21. The highest BCUT2D eigenvalue weighted by atomic mass is 16.6. The summed E-state index contributed by atoms with van der Waals surface area (Å²) in [5.74, 6) is 0.453. The van der Waals surface area contributed by atoms with Crippen LogP contribution in [0.2, 0.25) is 0 Å². The predicted octanol–water partition coefficient (Wildman–Crippen LogP) is 8.90. The van der Waals surface area contributed by atoms with E-state index in [0.29, 0.717) is 5.92 Å². The summed E-state index contributed by atoms with van der Waals surface area (Å²) in [5, 5.41) is 2.39. The van der Waals surface area contributed by atoms with Crippen LogP contribution in [0.25, 0.3) is 16.8 Å². The van der Waals surface area contributed by atoms with Crippen molar-refractivity contribution in [3.05, 3.63) is 89.5 Å². The fraction of sp³-hybridized carbons (Fsp3) is 0.406. The molecule has 0 saturated heterocycles. The van der Waals surface area contributed by atoms with E-state index in [2.05, 4.69) is 92.7 Å². The molecule has 3 aromatic carbocycles. The van der Waals surface area contributed by atoms with Crippen LogP contribution in [0, 0.1) is 0 Å². The van der Waals surface area contributed by atoms with E-state index in [0.717, 1.165) is 25.7 Å². The van der Waals surface area contributed by atoms with Crippen LogP contribution in [-0.2, 0) is 4.74 Å². The van der Waals surface area contributed by atoms with Crippen molar-refractivity contribution in [2.45, 2.75) is 83.9 Å². The molecule has 0 N–H and O–H groups in total. The van der Waals surface area contributed by atoms with Gasteiger partial charge in [0.1, 0.15) is 5.60 Å². The standard InChI is InChI=1S/C32H39NO2/c1-6-7-11-24-16-18-25(19-17-24)27-20-21-28(22-27)33(31(34)35-32(3,4)5)23(2)29-15-10-13-26-12-8-9-14-30(26)29/h7-19,23,27-28H,6,20-22H2,1-5H3/b11-7+/t23-,27-,28+/m1/s1. The van der Waals surface area contributed by atoms with Gasteiger partial charge in [-0.25, -0.2) is 4.79 Å². The largest absolute Gasteiger partial charge is 0.444 e. The van der Waals surface area contributed by atoms with Gasteiger partial charge in [0.25, 0.3) is 0 Å². The number of carbonyl (C=O) groups is 1. The van der Waals surface area contributed by atoms with Gasteiger partial charge in [0.05, 0.1) is 6.04 Å². The lowest BCUT2D eigenvalue weighted by Crippen LogP contribution is -2.44. The van der Waals surface area contributed by atoms with Gasteiger partial charge in [0.2, 0.25) is 0 Å². The van der Waals surface area contributed by atoms with Gasteiger partial charge < -0.3 is 4.74 Å². The van der Waals surface area contributed by atoms with Crippen molar-refractivity contribution < 1.29 is 9.53 Å².